The van der Waals surface area contributed by atoms with Gasteiger partial charge in [-0.1, -0.05) is 32.6 Å². The second-order valence-electron chi connectivity index (χ2n) is 6.23. The lowest BCUT2D eigenvalue weighted by atomic mass is 9.80. The van der Waals surface area contributed by atoms with Crippen molar-refractivity contribution in [3.8, 4) is 0 Å². The van der Waals surface area contributed by atoms with Crippen LogP contribution >= 0.6 is 0 Å². The lowest BCUT2D eigenvalue weighted by Gasteiger charge is -2.36. The van der Waals surface area contributed by atoms with Crippen molar-refractivity contribution in [1.82, 2.24) is 9.88 Å². The van der Waals surface area contributed by atoms with Crippen LogP contribution in [-0.2, 0) is 6.54 Å². The fraction of sp³-hybridized carbons (Fsp3) is 0.706. The van der Waals surface area contributed by atoms with E-state index in [1.54, 1.807) is 0 Å². The molecule has 0 spiro atoms. The van der Waals surface area contributed by atoms with Gasteiger partial charge in [0.15, 0.2) is 0 Å². The third kappa shape index (κ3) is 4.29. The molecule has 3 nitrogen and oxygen atoms in total. The van der Waals surface area contributed by atoms with Crippen molar-refractivity contribution in [2.45, 2.75) is 52.0 Å². The molecule has 1 aliphatic rings. The van der Waals surface area contributed by atoms with Crippen LogP contribution in [0.2, 0.25) is 0 Å². The Bertz CT molecular complexity index is 372. The van der Waals surface area contributed by atoms with Crippen LogP contribution in [0.25, 0.3) is 0 Å². The Balaban J connectivity index is 1.99. The maximum Gasteiger partial charge on any atom is 0.0499 e. The van der Waals surface area contributed by atoms with Crippen molar-refractivity contribution in [2.75, 3.05) is 19.7 Å². The number of nitrogens with zero attached hydrogens (tertiary/aromatic N) is 2. The summed E-state index contributed by atoms with van der Waals surface area (Å²) in [4.78, 5) is 6.55. The summed E-state index contributed by atoms with van der Waals surface area (Å²) >= 11 is 0. The molecule has 0 aliphatic heterocycles. The first-order chi connectivity index (χ1) is 9.78. The van der Waals surface area contributed by atoms with E-state index in [1.807, 2.05) is 12.4 Å². The normalized spacial score (nSPS) is 18.9. The van der Waals surface area contributed by atoms with Crippen LogP contribution in [0.4, 0.5) is 0 Å². The summed E-state index contributed by atoms with van der Waals surface area (Å²) in [5.41, 5.74) is 1.43. The Morgan fingerprint density at radius 3 is 2.35 bits per heavy atom. The molecule has 1 heterocycles. The molecule has 1 aromatic rings. The molecular formula is C17H28N2O. The van der Waals surface area contributed by atoms with Crippen LogP contribution in [0, 0.1) is 5.41 Å². The Labute approximate surface area is 123 Å². The van der Waals surface area contributed by atoms with Gasteiger partial charge in [0.25, 0.3) is 0 Å². The van der Waals surface area contributed by atoms with Gasteiger partial charge in [-0.3, -0.25) is 9.88 Å². The number of aliphatic hydroxyl groups excluding tert-OH is 1. The van der Waals surface area contributed by atoms with Crippen LogP contribution in [0.5, 0.6) is 0 Å². The van der Waals surface area contributed by atoms with E-state index in [9.17, 15) is 5.11 Å². The minimum Gasteiger partial charge on any atom is -0.396 e. The van der Waals surface area contributed by atoms with Gasteiger partial charge >= 0.3 is 0 Å². The van der Waals surface area contributed by atoms with Gasteiger partial charge in [-0.05, 0) is 37.1 Å². The summed E-state index contributed by atoms with van der Waals surface area (Å²) in [5.74, 6) is 0. The van der Waals surface area contributed by atoms with Crippen LogP contribution in [0.3, 0.4) is 0 Å². The Kier molecular flexibility index (Phi) is 5.99. The largest absolute Gasteiger partial charge is 0.396 e. The first-order valence-electron chi connectivity index (χ1n) is 8.00. The van der Waals surface area contributed by atoms with E-state index in [0.29, 0.717) is 6.61 Å². The standard InChI is InChI=1S/C17H28N2O/c1-2-19(13-16-7-11-18-12-8-16)14-17(15-20)9-5-3-4-6-10-17/h7-8,11-12,20H,2-6,9-10,13-15H2,1H3. The lowest BCUT2D eigenvalue weighted by molar-refractivity contribution is 0.0583. The maximum atomic E-state index is 9.94. The van der Waals surface area contributed by atoms with Crippen molar-refractivity contribution in [3.63, 3.8) is 0 Å². The number of hydrogen-bond donors (Lipinski definition) is 1. The molecule has 1 saturated carbocycles. The van der Waals surface area contributed by atoms with Crippen molar-refractivity contribution < 1.29 is 5.11 Å². The molecule has 1 fully saturated rings. The third-order valence-corrected chi connectivity index (χ3v) is 4.66. The zero-order valence-corrected chi connectivity index (χ0v) is 12.7. The van der Waals surface area contributed by atoms with E-state index >= 15 is 0 Å². The zero-order valence-electron chi connectivity index (χ0n) is 12.7. The summed E-state index contributed by atoms with van der Waals surface area (Å²) in [7, 11) is 0. The topological polar surface area (TPSA) is 36.4 Å². The molecule has 1 aliphatic carbocycles. The number of pyridine rings is 1. The summed E-state index contributed by atoms with van der Waals surface area (Å²) in [5, 5.41) is 9.94. The molecule has 1 aromatic heterocycles. The van der Waals surface area contributed by atoms with E-state index in [2.05, 4.69) is 28.9 Å². The van der Waals surface area contributed by atoms with Gasteiger partial charge in [-0.15, -0.1) is 0 Å². The van der Waals surface area contributed by atoms with Crippen molar-refractivity contribution >= 4 is 0 Å². The molecule has 0 atom stereocenters. The number of rotatable bonds is 6. The van der Waals surface area contributed by atoms with E-state index in [-0.39, 0.29) is 5.41 Å². The molecule has 112 valence electrons. The molecule has 0 saturated heterocycles. The van der Waals surface area contributed by atoms with Crippen LogP contribution in [0.1, 0.15) is 51.0 Å². The average Bonchev–Trinajstić information content (AvgIpc) is 2.74. The van der Waals surface area contributed by atoms with Gasteiger partial charge < -0.3 is 5.11 Å². The molecule has 0 bridgehead atoms. The lowest BCUT2D eigenvalue weighted by Crippen LogP contribution is -2.39. The fourth-order valence-corrected chi connectivity index (χ4v) is 3.35. The van der Waals surface area contributed by atoms with E-state index in [0.717, 1.165) is 19.6 Å². The number of hydrogen-bond acceptors (Lipinski definition) is 3. The van der Waals surface area contributed by atoms with Crippen molar-refractivity contribution in [2.24, 2.45) is 5.41 Å². The predicted octanol–water partition coefficient (Wildman–Crippen LogP) is 3.24. The molecule has 0 radical (unpaired) electrons. The third-order valence-electron chi connectivity index (χ3n) is 4.66. The monoisotopic (exact) mass is 276 g/mol. The summed E-state index contributed by atoms with van der Waals surface area (Å²) in [6.45, 7) is 5.55. The van der Waals surface area contributed by atoms with E-state index < -0.39 is 0 Å². The molecule has 0 aromatic carbocycles. The molecule has 1 N–H and O–H groups in total. The molecular weight excluding hydrogens is 248 g/mol. The van der Waals surface area contributed by atoms with Gasteiger partial charge in [-0.2, -0.15) is 0 Å². The SMILES string of the molecule is CCN(Cc1ccncc1)CC1(CO)CCCCCC1. The smallest absolute Gasteiger partial charge is 0.0499 e. The van der Waals surface area contributed by atoms with Gasteiger partial charge in [0, 0.05) is 37.5 Å². The summed E-state index contributed by atoms with van der Waals surface area (Å²) in [6.07, 6.45) is 11.3. The molecule has 3 heteroatoms. The number of aromatic nitrogens is 1. The second-order valence-corrected chi connectivity index (χ2v) is 6.23. The quantitative estimate of drug-likeness (QED) is 0.810. The Hall–Kier alpha value is -0.930. The Morgan fingerprint density at radius 1 is 1.15 bits per heavy atom. The van der Waals surface area contributed by atoms with Crippen molar-refractivity contribution in [3.05, 3.63) is 30.1 Å². The average molecular weight is 276 g/mol. The fourth-order valence-electron chi connectivity index (χ4n) is 3.35. The van der Waals surface area contributed by atoms with Crippen molar-refractivity contribution in [1.29, 1.82) is 0 Å². The van der Waals surface area contributed by atoms with Crippen LogP contribution in [0.15, 0.2) is 24.5 Å². The van der Waals surface area contributed by atoms with Gasteiger partial charge in [0.05, 0.1) is 0 Å². The molecule has 0 amide bonds. The predicted molar refractivity (Wildman–Crippen MR) is 82.4 cm³/mol. The molecule has 0 unspecified atom stereocenters. The molecule has 2 rings (SSSR count). The summed E-state index contributed by atoms with van der Waals surface area (Å²) in [6, 6.07) is 4.17. The zero-order chi connectivity index (χ0) is 14.3. The summed E-state index contributed by atoms with van der Waals surface area (Å²) < 4.78 is 0. The molecule has 20 heavy (non-hydrogen) atoms. The van der Waals surface area contributed by atoms with Crippen LogP contribution in [-0.4, -0.2) is 34.7 Å². The highest BCUT2D eigenvalue weighted by Gasteiger charge is 2.31. The first-order valence-corrected chi connectivity index (χ1v) is 8.00. The highest BCUT2D eigenvalue weighted by Crippen LogP contribution is 2.35. The first kappa shape index (κ1) is 15.5. The minimum absolute atomic E-state index is 0.125. The number of aliphatic hydroxyl groups is 1. The van der Waals surface area contributed by atoms with Gasteiger partial charge in [0.1, 0.15) is 0 Å². The Morgan fingerprint density at radius 2 is 1.80 bits per heavy atom. The van der Waals surface area contributed by atoms with E-state index in [1.165, 1.54) is 44.1 Å². The maximum absolute atomic E-state index is 9.94. The minimum atomic E-state index is 0.125. The highest BCUT2D eigenvalue weighted by molar-refractivity contribution is 5.09. The van der Waals surface area contributed by atoms with Gasteiger partial charge in [-0.25, -0.2) is 0 Å². The van der Waals surface area contributed by atoms with E-state index in [4.69, 9.17) is 0 Å². The van der Waals surface area contributed by atoms with Gasteiger partial charge in [0.2, 0.25) is 0 Å². The highest BCUT2D eigenvalue weighted by atomic mass is 16.3. The second kappa shape index (κ2) is 7.75. The van der Waals surface area contributed by atoms with Crippen LogP contribution < -0.4 is 0 Å².